The third-order valence-electron chi connectivity index (χ3n) is 3.30. The summed E-state index contributed by atoms with van der Waals surface area (Å²) in [4.78, 5) is 11.2. The van der Waals surface area contributed by atoms with Crippen LogP contribution in [-0.4, -0.2) is 10.9 Å². The Bertz CT molecular complexity index is 794. The summed E-state index contributed by atoms with van der Waals surface area (Å²) < 4.78 is 15.8. The minimum atomic E-state index is -0.272. The van der Waals surface area contributed by atoms with E-state index < -0.39 is 0 Å². The molecule has 0 radical (unpaired) electrons. The van der Waals surface area contributed by atoms with Crippen LogP contribution in [0.15, 0.2) is 53.1 Å². The fourth-order valence-corrected chi connectivity index (χ4v) is 2.83. The van der Waals surface area contributed by atoms with Gasteiger partial charge in [0.25, 0.3) is 0 Å². The van der Waals surface area contributed by atoms with Crippen LogP contribution in [0.1, 0.15) is 15.9 Å². The lowest BCUT2D eigenvalue weighted by Gasteiger charge is -2.09. The highest BCUT2D eigenvalue weighted by atomic mass is 79.9. The lowest BCUT2D eigenvalue weighted by molar-refractivity contribution is 0.112. The fourth-order valence-electron chi connectivity index (χ4n) is 2.35. The average molecular weight is 332 g/mol. The van der Waals surface area contributed by atoms with Crippen LogP contribution >= 0.6 is 15.9 Å². The highest BCUT2D eigenvalue weighted by Gasteiger charge is 2.08. The van der Waals surface area contributed by atoms with Crippen molar-refractivity contribution in [3.05, 3.63) is 70.1 Å². The smallest absolute Gasteiger partial charge is 0.152 e. The van der Waals surface area contributed by atoms with Crippen molar-refractivity contribution >= 4 is 33.1 Å². The molecule has 3 aromatic rings. The number of hydrogen-bond donors (Lipinski definition) is 0. The zero-order valence-electron chi connectivity index (χ0n) is 10.5. The molecule has 1 aromatic heterocycles. The van der Waals surface area contributed by atoms with Gasteiger partial charge in [-0.3, -0.25) is 4.79 Å². The number of aromatic nitrogens is 1. The maximum Gasteiger partial charge on any atom is 0.152 e. The largest absolute Gasteiger partial charge is 0.342 e. The topological polar surface area (TPSA) is 22.0 Å². The molecule has 0 aliphatic heterocycles. The number of carbonyl (C=O) groups excluding carboxylic acids is 1. The van der Waals surface area contributed by atoms with Gasteiger partial charge in [-0.25, -0.2) is 4.39 Å². The van der Waals surface area contributed by atoms with E-state index in [0.29, 0.717) is 12.1 Å². The first-order valence-electron chi connectivity index (χ1n) is 6.16. The summed E-state index contributed by atoms with van der Waals surface area (Å²) in [5.41, 5.74) is 2.52. The molecular weight excluding hydrogens is 321 g/mol. The van der Waals surface area contributed by atoms with Gasteiger partial charge in [0.1, 0.15) is 5.82 Å². The first-order chi connectivity index (χ1) is 9.69. The Morgan fingerprint density at radius 1 is 1.20 bits per heavy atom. The van der Waals surface area contributed by atoms with Gasteiger partial charge in [0.05, 0.1) is 5.52 Å². The van der Waals surface area contributed by atoms with E-state index in [1.54, 1.807) is 12.1 Å². The Morgan fingerprint density at radius 2 is 2.05 bits per heavy atom. The number of aldehydes is 1. The Labute approximate surface area is 124 Å². The molecule has 1 heterocycles. The molecule has 0 unspecified atom stereocenters. The summed E-state index contributed by atoms with van der Waals surface area (Å²) >= 11 is 3.37. The number of nitrogens with zero attached hydrogens (tertiary/aromatic N) is 1. The van der Waals surface area contributed by atoms with Gasteiger partial charge in [-0.05, 0) is 29.8 Å². The third-order valence-corrected chi connectivity index (χ3v) is 4.04. The highest BCUT2D eigenvalue weighted by molar-refractivity contribution is 9.10. The molecule has 20 heavy (non-hydrogen) atoms. The molecule has 4 heteroatoms. The van der Waals surface area contributed by atoms with Gasteiger partial charge < -0.3 is 4.57 Å². The molecule has 0 atom stereocenters. The van der Waals surface area contributed by atoms with E-state index in [0.717, 1.165) is 27.2 Å². The summed E-state index contributed by atoms with van der Waals surface area (Å²) in [7, 11) is 0. The van der Waals surface area contributed by atoms with Crippen molar-refractivity contribution < 1.29 is 9.18 Å². The molecule has 0 saturated heterocycles. The van der Waals surface area contributed by atoms with Crippen LogP contribution in [0.25, 0.3) is 10.9 Å². The summed E-state index contributed by atoms with van der Waals surface area (Å²) in [6.07, 6.45) is 2.80. The predicted molar refractivity (Wildman–Crippen MR) is 80.5 cm³/mol. The number of hydrogen-bond acceptors (Lipinski definition) is 1. The van der Waals surface area contributed by atoms with Crippen molar-refractivity contribution in [3.8, 4) is 0 Å². The standard InChI is InChI=1S/C16H11BrFNO/c17-15-8-14(18)5-4-12(15)9-19-7-6-11-2-1-3-13(10-20)16(11)19/h1-8,10H,9H2. The molecule has 0 aliphatic rings. The van der Waals surface area contributed by atoms with Crippen molar-refractivity contribution in [2.45, 2.75) is 6.54 Å². The van der Waals surface area contributed by atoms with Gasteiger partial charge in [-0.15, -0.1) is 0 Å². The van der Waals surface area contributed by atoms with E-state index in [2.05, 4.69) is 15.9 Å². The maximum absolute atomic E-state index is 13.1. The van der Waals surface area contributed by atoms with E-state index in [4.69, 9.17) is 0 Å². The summed E-state index contributed by atoms with van der Waals surface area (Å²) in [5, 5.41) is 1.02. The molecule has 0 saturated carbocycles. The van der Waals surface area contributed by atoms with Gasteiger partial charge in [0, 0.05) is 28.2 Å². The maximum atomic E-state index is 13.1. The van der Waals surface area contributed by atoms with Gasteiger partial charge in [-0.1, -0.05) is 34.1 Å². The molecule has 100 valence electrons. The van der Waals surface area contributed by atoms with Crippen LogP contribution in [0.5, 0.6) is 0 Å². The molecule has 0 amide bonds. The van der Waals surface area contributed by atoms with Crippen LogP contribution in [0, 0.1) is 5.82 Å². The molecule has 0 spiro atoms. The molecule has 0 bridgehead atoms. The van der Waals surface area contributed by atoms with Crippen LogP contribution in [-0.2, 0) is 6.54 Å². The highest BCUT2D eigenvalue weighted by Crippen LogP contribution is 2.24. The second kappa shape index (κ2) is 5.21. The first-order valence-corrected chi connectivity index (χ1v) is 6.95. The molecule has 0 fully saturated rings. The van der Waals surface area contributed by atoms with Gasteiger partial charge in [-0.2, -0.15) is 0 Å². The van der Waals surface area contributed by atoms with E-state index in [1.807, 2.05) is 29.0 Å². The van der Waals surface area contributed by atoms with Gasteiger partial charge >= 0.3 is 0 Å². The third kappa shape index (κ3) is 2.27. The molecule has 2 aromatic carbocycles. The number of rotatable bonds is 3. The van der Waals surface area contributed by atoms with Gasteiger partial charge in [0.15, 0.2) is 6.29 Å². The molecular formula is C16H11BrFNO. The van der Waals surface area contributed by atoms with Crippen LogP contribution < -0.4 is 0 Å². The van der Waals surface area contributed by atoms with E-state index in [1.165, 1.54) is 12.1 Å². The van der Waals surface area contributed by atoms with Crippen molar-refractivity contribution in [1.82, 2.24) is 4.57 Å². The molecule has 0 N–H and O–H groups in total. The SMILES string of the molecule is O=Cc1cccc2ccn(Cc3ccc(F)cc3Br)c12. The van der Waals surface area contributed by atoms with E-state index >= 15 is 0 Å². The van der Waals surface area contributed by atoms with Gasteiger partial charge in [0.2, 0.25) is 0 Å². The monoisotopic (exact) mass is 331 g/mol. The lowest BCUT2D eigenvalue weighted by atomic mass is 10.1. The summed E-state index contributed by atoms with van der Waals surface area (Å²) in [6.45, 7) is 0.579. The lowest BCUT2D eigenvalue weighted by Crippen LogP contribution is -2.01. The Morgan fingerprint density at radius 3 is 2.80 bits per heavy atom. The number of benzene rings is 2. The zero-order chi connectivity index (χ0) is 14.1. The first kappa shape index (κ1) is 13.1. The number of carbonyl (C=O) groups is 1. The number of halogens is 2. The summed E-state index contributed by atoms with van der Waals surface area (Å²) in [6, 6.07) is 12.2. The quantitative estimate of drug-likeness (QED) is 0.652. The average Bonchev–Trinajstić information content (AvgIpc) is 2.85. The van der Waals surface area contributed by atoms with Crippen molar-refractivity contribution in [3.63, 3.8) is 0 Å². The molecule has 3 rings (SSSR count). The summed E-state index contributed by atoms with van der Waals surface area (Å²) in [5.74, 6) is -0.272. The Kier molecular flexibility index (Phi) is 3.40. The van der Waals surface area contributed by atoms with Crippen molar-refractivity contribution in [2.75, 3.05) is 0 Å². The van der Waals surface area contributed by atoms with Crippen LogP contribution in [0.2, 0.25) is 0 Å². The predicted octanol–water partition coefficient (Wildman–Crippen LogP) is 4.40. The second-order valence-electron chi connectivity index (χ2n) is 4.58. The van der Waals surface area contributed by atoms with E-state index in [9.17, 15) is 9.18 Å². The van der Waals surface area contributed by atoms with E-state index in [-0.39, 0.29) is 5.82 Å². The van der Waals surface area contributed by atoms with Crippen molar-refractivity contribution in [1.29, 1.82) is 0 Å². The Balaban J connectivity index is 2.09. The fraction of sp³-hybridized carbons (Fsp3) is 0.0625. The van der Waals surface area contributed by atoms with Crippen molar-refractivity contribution in [2.24, 2.45) is 0 Å². The zero-order valence-corrected chi connectivity index (χ0v) is 12.1. The molecule has 2 nitrogen and oxygen atoms in total. The minimum absolute atomic E-state index is 0.272. The second-order valence-corrected chi connectivity index (χ2v) is 5.44. The number of fused-ring (bicyclic) bond motifs is 1. The van der Waals surface area contributed by atoms with Crippen LogP contribution in [0.4, 0.5) is 4.39 Å². The normalized spacial score (nSPS) is 10.9. The molecule has 0 aliphatic carbocycles. The van der Waals surface area contributed by atoms with Crippen LogP contribution in [0.3, 0.4) is 0 Å². The Hall–Kier alpha value is -1.94. The number of para-hydroxylation sites is 1. The minimum Gasteiger partial charge on any atom is -0.342 e.